The molecular formula is C61H106O6. The van der Waals surface area contributed by atoms with Gasteiger partial charge >= 0.3 is 17.9 Å². The molecule has 0 aliphatic heterocycles. The molecule has 0 aromatic rings. The molecule has 67 heavy (non-hydrogen) atoms. The fraction of sp³-hybridized carbons (Fsp3) is 0.754. The quantitative estimate of drug-likeness (QED) is 0.0262. The number of carbonyl (C=O) groups excluding carboxylic acids is 3. The summed E-state index contributed by atoms with van der Waals surface area (Å²) in [5, 5.41) is 0. The first-order chi connectivity index (χ1) is 33.0. The molecule has 0 N–H and O–H groups in total. The Morgan fingerprint density at radius 2 is 0.552 bits per heavy atom. The standard InChI is InChI=1S/C61H106O6/c1-4-7-10-13-16-19-22-25-27-29-30-32-33-36-39-42-45-48-51-54-60(63)66-57-58(56-65-59(62)53-50-47-44-41-38-35-24-21-18-15-12-9-6-3)67-61(64)55-52-49-46-43-40-37-34-31-28-26-23-20-17-14-11-8-5-2/h17,20-21,24-28,34,37,43,46,58H,4-16,18-19,22-23,29-33,35-36,38-42,44-45,47-57H2,1-3H3/b20-17-,24-21-,27-25-,28-26-,37-34-,46-43-/t58-/m0/s1. The van der Waals surface area contributed by atoms with E-state index >= 15 is 0 Å². The lowest BCUT2D eigenvalue weighted by Gasteiger charge is -2.18. The van der Waals surface area contributed by atoms with Crippen molar-refractivity contribution >= 4 is 17.9 Å². The molecule has 386 valence electrons. The Morgan fingerprint density at radius 1 is 0.299 bits per heavy atom. The molecule has 0 aliphatic rings. The van der Waals surface area contributed by atoms with E-state index < -0.39 is 6.10 Å². The van der Waals surface area contributed by atoms with Crippen LogP contribution in [0.5, 0.6) is 0 Å². The van der Waals surface area contributed by atoms with E-state index in [1.165, 1.54) is 161 Å². The molecule has 0 amide bonds. The van der Waals surface area contributed by atoms with Crippen molar-refractivity contribution in [2.75, 3.05) is 13.2 Å². The highest BCUT2D eigenvalue weighted by atomic mass is 16.6. The topological polar surface area (TPSA) is 78.9 Å². The predicted octanol–water partition coefficient (Wildman–Crippen LogP) is 19.0. The van der Waals surface area contributed by atoms with Crippen molar-refractivity contribution < 1.29 is 28.6 Å². The van der Waals surface area contributed by atoms with Crippen LogP contribution in [-0.4, -0.2) is 37.2 Å². The maximum atomic E-state index is 12.8. The zero-order valence-electron chi connectivity index (χ0n) is 44.2. The van der Waals surface area contributed by atoms with Crippen LogP contribution in [0.1, 0.15) is 278 Å². The summed E-state index contributed by atoms with van der Waals surface area (Å²) in [5.74, 6) is -0.962. The zero-order chi connectivity index (χ0) is 48.6. The van der Waals surface area contributed by atoms with Crippen molar-refractivity contribution in [3.8, 4) is 0 Å². The normalized spacial score (nSPS) is 12.6. The van der Waals surface area contributed by atoms with Gasteiger partial charge in [-0.05, 0) is 109 Å². The van der Waals surface area contributed by atoms with Crippen LogP contribution in [0.4, 0.5) is 0 Å². The summed E-state index contributed by atoms with van der Waals surface area (Å²) < 4.78 is 16.8. The number of esters is 3. The Morgan fingerprint density at radius 3 is 0.940 bits per heavy atom. The van der Waals surface area contributed by atoms with E-state index in [4.69, 9.17) is 14.2 Å². The molecule has 0 aromatic carbocycles. The second kappa shape index (κ2) is 55.4. The molecule has 0 radical (unpaired) electrons. The van der Waals surface area contributed by atoms with Crippen molar-refractivity contribution in [1.82, 2.24) is 0 Å². The maximum Gasteiger partial charge on any atom is 0.306 e. The monoisotopic (exact) mass is 935 g/mol. The smallest absolute Gasteiger partial charge is 0.306 e. The molecular weight excluding hydrogens is 829 g/mol. The lowest BCUT2D eigenvalue weighted by Crippen LogP contribution is -2.30. The largest absolute Gasteiger partial charge is 0.462 e. The molecule has 6 heteroatoms. The van der Waals surface area contributed by atoms with Crippen LogP contribution < -0.4 is 0 Å². The first kappa shape index (κ1) is 63.8. The van der Waals surface area contributed by atoms with E-state index in [0.29, 0.717) is 19.3 Å². The molecule has 6 nitrogen and oxygen atoms in total. The average Bonchev–Trinajstić information content (AvgIpc) is 3.33. The van der Waals surface area contributed by atoms with Crippen LogP contribution in [0.2, 0.25) is 0 Å². The average molecular weight is 936 g/mol. The summed E-state index contributed by atoms with van der Waals surface area (Å²) in [6.45, 7) is 6.55. The van der Waals surface area contributed by atoms with Gasteiger partial charge in [-0.1, -0.05) is 222 Å². The molecule has 0 spiro atoms. The van der Waals surface area contributed by atoms with E-state index in [9.17, 15) is 14.4 Å². The van der Waals surface area contributed by atoms with Gasteiger partial charge in [-0.3, -0.25) is 14.4 Å². The number of allylic oxidation sites excluding steroid dienone is 12. The highest BCUT2D eigenvalue weighted by Crippen LogP contribution is 2.14. The summed E-state index contributed by atoms with van der Waals surface area (Å²) in [7, 11) is 0. The van der Waals surface area contributed by atoms with Gasteiger partial charge in [0.15, 0.2) is 6.10 Å². The lowest BCUT2D eigenvalue weighted by molar-refractivity contribution is -0.167. The number of rotatable bonds is 51. The Labute approximate surface area is 414 Å². The SMILES string of the molecule is CCCCC/C=C\C/C=C\C/C=C\C/C=C\CCCC(=O)O[C@@H](COC(=O)CCCCCCC/C=C\CCCCCC)COC(=O)CCCCCCCCCCC/C=C\CCCCCCCC. The Hall–Kier alpha value is -3.15. The van der Waals surface area contributed by atoms with Gasteiger partial charge in [-0.15, -0.1) is 0 Å². The molecule has 0 fully saturated rings. The van der Waals surface area contributed by atoms with E-state index in [0.717, 1.165) is 70.6 Å². The highest BCUT2D eigenvalue weighted by molar-refractivity contribution is 5.71. The molecule has 0 aromatic heterocycles. The van der Waals surface area contributed by atoms with Gasteiger partial charge in [0.25, 0.3) is 0 Å². The lowest BCUT2D eigenvalue weighted by atomic mass is 10.1. The molecule has 0 saturated heterocycles. The number of hydrogen-bond donors (Lipinski definition) is 0. The Balaban J connectivity index is 4.44. The number of ether oxygens (including phenoxy) is 3. The van der Waals surface area contributed by atoms with Crippen molar-refractivity contribution in [1.29, 1.82) is 0 Å². The van der Waals surface area contributed by atoms with Crippen molar-refractivity contribution in [2.24, 2.45) is 0 Å². The van der Waals surface area contributed by atoms with Gasteiger partial charge in [0.1, 0.15) is 13.2 Å². The third-order valence-corrected chi connectivity index (χ3v) is 12.2. The molecule has 0 saturated carbocycles. The number of unbranched alkanes of at least 4 members (excludes halogenated alkanes) is 28. The summed E-state index contributed by atoms with van der Waals surface area (Å²) in [4.78, 5) is 38.1. The minimum Gasteiger partial charge on any atom is -0.462 e. The van der Waals surface area contributed by atoms with Gasteiger partial charge in [-0.25, -0.2) is 0 Å². The summed E-state index contributed by atoms with van der Waals surface area (Å²) in [5.41, 5.74) is 0. The number of hydrogen-bond acceptors (Lipinski definition) is 6. The molecule has 0 bridgehead atoms. The predicted molar refractivity (Wildman–Crippen MR) is 288 cm³/mol. The van der Waals surface area contributed by atoms with Gasteiger partial charge in [0.05, 0.1) is 0 Å². The summed E-state index contributed by atoms with van der Waals surface area (Å²) in [6.07, 6.45) is 70.4. The van der Waals surface area contributed by atoms with Crippen LogP contribution in [-0.2, 0) is 28.6 Å². The zero-order valence-corrected chi connectivity index (χ0v) is 44.2. The van der Waals surface area contributed by atoms with E-state index in [1.54, 1.807) is 0 Å². The fourth-order valence-electron chi connectivity index (χ4n) is 7.84. The minimum absolute atomic E-state index is 0.100. The van der Waals surface area contributed by atoms with E-state index in [1.807, 2.05) is 0 Å². The molecule has 0 aliphatic carbocycles. The van der Waals surface area contributed by atoms with Crippen LogP contribution in [0, 0.1) is 0 Å². The van der Waals surface area contributed by atoms with Crippen LogP contribution in [0.25, 0.3) is 0 Å². The van der Waals surface area contributed by atoms with Crippen LogP contribution in [0.15, 0.2) is 72.9 Å². The second-order valence-corrected chi connectivity index (χ2v) is 18.8. The van der Waals surface area contributed by atoms with Gasteiger partial charge in [0.2, 0.25) is 0 Å². The third kappa shape index (κ3) is 53.7. The van der Waals surface area contributed by atoms with E-state index in [2.05, 4.69) is 93.7 Å². The maximum absolute atomic E-state index is 12.8. The Kier molecular flexibility index (Phi) is 52.8. The minimum atomic E-state index is -0.808. The van der Waals surface area contributed by atoms with Crippen molar-refractivity contribution in [2.45, 2.75) is 284 Å². The first-order valence-corrected chi connectivity index (χ1v) is 28.4. The Bertz CT molecular complexity index is 1260. The first-order valence-electron chi connectivity index (χ1n) is 28.4. The summed E-state index contributed by atoms with van der Waals surface area (Å²) in [6, 6.07) is 0. The molecule has 0 rings (SSSR count). The van der Waals surface area contributed by atoms with Gasteiger partial charge in [0, 0.05) is 19.3 Å². The molecule has 0 unspecified atom stereocenters. The third-order valence-electron chi connectivity index (χ3n) is 12.2. The van der Waals surface area contributed by atoms with Gasteiger partial charge in [-0.2, -0.15) is 0 Å². The van der Waals surface area contributed by atoms with E-state index in [-0.39, 0.29) is 37.5 Å². The number of carbonyl (C=O) groups is 3. The molecule has 1 atom stereocenters. The summed E-state index contributed by atoms with van der Waals surface area (Å²) >= 11 is 0. The second-order valence-electron chi connectivity index (χ2n) is 18.8. The van der Waals surface area contributed by atoms with Crippen molar-refractivity contribution in [3.63, 3.8) is 0 Å². The van der Waals surface area contributed by atoms with Crippen molar-refractivity contribution in [3.05, 3.63) is 72.9 Å². The fourth-order valence-corrected chi connectivity index (χ4v) is 7.84. The highest BCUT2D eigenvalue weighted by Gasteiger charge is 2.19. The van der Waals surface area contributed by atoms with Crippen LogP contribution >= 0.6 is 0 Å². The van der Waals surface area contributed by atoms with Gasteiger partial charge < -0.3 is 14.2 Å². The van der Waals surface area contributed by atoms with Crippen LogP contribution in [0.3, 0.4) is 0 Å². The molecule has 0 heterocycles.